The second-order valence-electron chi connectivity index (χ2n) is 5.68. The lowest BCUT2D eigenvalue weighted by atomic mass is 9.90. The third-order valence-corrected chi connectivity index (χ3v) is 6.00. The molecule has 1 aliphatic carbocycles. The van der Waals surface area contributed by atoms with E-state index >= 15 is 0 Å². The van der Waals surface area contributed by atoms with Crippen LogP contribution in [0, 0.1) is 11.8 Å². The number of hydrogen-bond donors (Lipinski definition) is 1. The van der Waals surface area contributed by atoms with E-state index in [0.717, 1.165) is 36.7 Å². The summed E-state index contributed by atoms with van der Waals surface area (Å²) in [5, 5.41) is 4.22. The van der Waals surface area contributed by atoms with Crippen LogP contribution < -0.4 is 5.32 Å². The van der Waals surface area contributed by atoms with Crippen LogP contribution in [0.3, 0.4) is 0 Å². The Bertz CT molecular complexity index is 325. The normalized spacial score (nSPS) is 48.9. The first-order chi connectivity index (χ1) is 7.83. The lowest BCUT2D eigenvalue weighted by Crippen LogP contribution is -2.56. The van der Waals surface area contributed by atoms with Gasteiger partial charge in [0.1, 0.15) is 0 Å². The molecule has 0 spiro atoms. The molecule has 1 saturated carbocycles. The van der Waals surface area contributed by atoms with E-state index in [2.05, 4.69) is 10.2 Å². The number of thioether (sulfide) groups is 1. The summed E-state index contributed by atoms with van der Waals surface area (Å²) in [6.45, 7) is 0.997. The summed E-state index contributed by atoms with van der Waals surface area (Å²) in [5.74, 6) is 2.92. The second-order valence-corrected chi connectivity index (χ2v) is 6.90. The van der Waals surface area contributed by atoms with Crippen molar-refractivity contribution in [2.45, 2.75) is 43.1 Å². The fraction of sp³-hybridized carbons (Fsp3) is 0.917. The smallest absolute Gasteiger partial charge is 0.229 e. The van der Waals surface area contributed by atoms with E-state index in [1.165, 1.54) is 19.3 Å². The van der Waals surface area contributed by atoms with Gasteiger partial charge in [0.15, 0.2) is 0 Å². The molecular formula is C12H18N2OS. The molecule has 0 aromatic carbocycles. The van der Waals surface area contributed by atoms with E-state index in [-0.39, 0.29) is 0 Å². The van der Waals surface area contributed by atoms with Gasteiger partial charge >= 0.3 is 0 Å². The molecular weight excluding hydrogens is 220 g/mol. The lowest BCUT2D eigenvalue weighted by Gasteiger charge is -2.42. The minimum atomic E-state index is 0.353. The molecule has 3 saturated heterocycles. The molecule has 0 aromatic heterocycles. The highest BCUT2D eigenvalue weighted by Gasteiger charge is 2.51. The Kier molecular flexibility index (Phi) is 2.07. The van der Waals surface area contributed by atoms with Gasteiger partial charge in [0.05, 0.1) is 11.3 Å². The molecule has 3 heterocycles. The minimum absolute atomic E-state index is 0.353. The minimum Gasteiger partial charge on any atom is -0.329 e. The molecule has 88 valence electrons. The molecule has 0 bridgehead atoms. The van der Waals surface area contributed by atoms with Crippen molar-refractivity contribution < 1.29 is 4.79 Å². The van der Waals surface area contributed by atoms with E-state index in [4.69, 9.17) is 0 Å². The number of rotatable bonds is 3. The number of hydrogen-bond acceptors (Lipinski definition) is 3. The van der Waals surface area contributed by atoms with Crippen LogP contribution in [-0.4, -0.2) is 40.6 Å². The maximum absolute atomic E-state index is 11.8. The number of amides is 1. The standard InChI is InChI=1S/C12H18N2OS/c15-11-9(12-14(11)3-4-16-12)2-1-8-5-7-6-10(7)13-8/h7-10,12-13H,1-6H2/t7?,8?,9?,10?,12-/m1/s1. The number of carbonyl (C=O) groups is 1. The van der Waals surface area contributed by atoms with Crippen molar-refractivity contribution >= 4 is 17.7 Å². The monoisotopic (exact) mass is 238 g/mol. The molecule has 0 radical (unpaired) electrons. The van der Waals surface area contributed by atoms with E-state index < -0.39 is 0 Å². The largest absolute Gasteiger partial charge is 0.329 e. The van der Waals surface area contributed by atoms with Crippen LogP contribution in [0.25, 0.3) is 0 Å². The molecule has 1 amide bonds. The average Bonchev–Trinajstić information content (AvgIpc) is 2.76. The number of carbonyl (C=O) groups excluding carboxylic acids is 1. The van der Waals surface area contributed by atoms with Crippen molar-refractivity contribution in [2.75, 3.05) is 12.3 Å². The van der Waals surface area contributed by atoms with Crippen LogP contribution in [0.5, 0.6) is 0 Å². The SMILES string of the molecule is O=C1C(CCC2CC3CC3N2)[C@H]2SCCN12. The van der Waals surface area contributed by atoms with E-state index in [1.807, 2.05) is 11.8 Å². The predicted octanol–water partition coefficient (Wildman–Crippen LogP) is 1.05. The molecule has 4 aliphatic rings. The zero-order valence-electron chi connectivity index (χ0n) is 9.39. The van der Waals surface area contributed by atoms with Crippen LogP contribution in [0.4, 0.5) is 0 Å². The van der Waals surface area contributed by atoms with Crippen molar-refractivity contribution in [3.05, 3.63) is 0 Å². The summed E-state index contributed by atoms with van der Waals surface area (Å²) in [6.07, 6.45) is 5.11. The molecule has 0 aromatic rings. The Morgan fingerprint density at radius 3 is 3.12 bits per heavy atom. The summed E-state index contributed by atoms with van der Waals surface area (Å²) in [7, 11) is 0. The molecule has 4 fully saturated rings. The van der Waals surface area contributed by atoms with Crippen molar-refractivity contribution in [1.82, 2.24) is 10.2 Å². The number of nitrogens with zero attached hydrogens (tertiary/aromatic N) is 1. The Labute approximate surface area is 100 Å². The first-order valence-corrected chi connectivity index (χ1v) is 7.56. The zero-order chi connectivity index (χ0) is 10.7. The molecule has 3 nitrogen and oxygen atoms in total. The zero-order valence-corrected chi connectivity index (χ0v) is 10.2. The molecule has 3 aliphatic heterocycles. The number of nitrogens with one attached hydrogen (secondary N) is 1. The number of piperidine rings is 1. The molecule has 1 N–H and O–H groups in total. The van der Waals surface area contributed by atoms with Crippen LogP contribution in [0.2, 0.25) is 0 Å². The van der Waals surface area contributed by atoms with E-state index in [0.29, 0.717) is 17.2 Å². The van der Waals surface area contributed by atoms with Crippen molar-refractivity contribution in [3.8, 4) is 0 Å². The van der Waals surface area contributed by atoms with Gasteiger partial charge in [-0.05, 0) is 31.6 Å². The Morgan fingerprint density at radius 1 is 1.38 bits per heavy atom. The average molecular weight is 238 g/mol. The van der Waals surface area contributed by atoms with Crippen LogP contribution in [0.1, 0.15) is 25.7 Å². The summed E-state index contributed by atoms with van der Waals surface area (Å²) < 4.78 is 0. The molecule has 4 unspecified atom stereocenters. The fourth-order valence-electron chi connectivity index (χ4n) is 3.61. The quantitative estimate of drug-likeness (QED) is 0.746. The molecule has 16 heavy (non-hydrogen) atoms. The van der Waals surface area contributed by atoms with E-state index in [1.54, 1.807) is 0 Å². The maximum atomic E-state index is 11.8. The van der Waals surface area contributed by atoms with Gasteiger partial charge in [0, 0.05) is 24.4 Å². The summed E-state index contributed by atoms with van der Waals surface area (Å²) >= 11 is 1.98. The molecule has 5 atom stereocenters. The Morgan fingerprint density at radius 2 is 2.31 bits per heavy atom. The summed E-state index contributed by atoms with van der Waals surface area (Å²) in [6, 6.07) is 1.57. The van der Waals surface area contributed by atoms with Gasteiger partial charge in [0.2, 0.25) is 5.91 Å². The highest BCUT2D eigenvalue weighted by Crippen LogP contribution is 2.45. The van der Waals surface area contributed by atoms with Crippen LogP contribution in [-0.2, 0) is 4.79 Å². The van der Waals surface area contributed by atoms with Crippen LogP contribution in [0.15, 0.2) is 0 Å². The number of β-lactam (4-membered cyclic amide) rings is 1. The maximum Gasteiger partial charge on any atom is 0.229 e. The van der Waals surface area contributed by atoms with Gasteiger partial charge in [-0.15, -0.1) is 11.8 Å². The summed E-state index contributed by atoms with van der Waals surface area (Å²) in [4.78, 5) is 13.9. The molecule has 4 rings (SSSR count). The van der Waals surface area contributed by atoms with Gasteiger partial charge in [-0.3, -0.25) is 4.79 Å². The third kappa shape index (κ3) is 1.35. The third-order valence-electron chi connectivity index (χ3n) is 4.66. The first kappa shape index (κ1) is 9.77. The van der Waals surface area contributed by atoms with Gasteiger partial charge in [0.25, 0.3) is 0 Å². The van der Waals surface area contributed by atoms with Crippen molar-refractivity contribution in [1.29, 1.82) is 0 Å². The second kappa shape index (κ2) is 3.39. The highest BCUT2D eigenvalue weighted by molar-refractivity contribution is 8.00. The van der Waals surface area contributed by atoms with Gasteiger partial charge < -0.3 is 10.2 Å². The Hall–Kier alpha value is -0.220. The number of fused-ring (bicyclic) bond motifs is 2. The van der Waals surface area contributed by atoms with Crippen molar-refractivity contribution in [2.24, 2.45) is 11.8 Å². The molecule has 4 heteroatoms. The van der Waals surface area contributed by atoms with Gasteiger partial charge in [-0.1, -0.05) is 0 Å². The first-order valence-electron chi connectivity index (χ1n) is 6.51. The highest BCUT2D eigenvalue weighted by atomic mass is 32.2. The van der Waals surface area contributed by atoms with Gasteiger partial charge in [-0.25, -0.2) is 0 Å². The topological polar surface area (TPSA) is 32.3 Å². The lowest BCUT2D eigenvalue weighted by molar-refractivity contribution is -0.149. The van der Waals surface area contributed by atoms with Gasteiger partial charge in [-0.2, -0.15) is 0 Å². The predicted molar refractivity (Wildman–Crippen MR) is 64.1 cm³/mol. The summed E-state index contributed by atoms with van der Waals surface area (Å²) in [5.41, 5.74) is 0. The van der Waals surface area contributed by atoms with E-state index in [9.17, 15) is 4.79 Å². The Balaban J connectivity index is 1.30. The van der Waals surface area contributed by atoms with Crippen molar-refractivity contribution in [3.63, 3.8) is 0 Å². The van der Waals surface area contributed by atoms with Crippen LogP contribution >= 0.6 is 11.8 Å². The fourth-order valence-corrected chi connectivity index (χ4v) is 5.02.